The van der Waals surface area contributed by atoms with Gasteiger partial charge in [-0.25, -0.2) is 9.37 Å². The van der Waals surface area contributed by atoms with E-state index in [1.54, 1.807) is 34.0 Å². The fourth-order valence-corrected chi connectivity index (χ4v) is 2.69. The Balaban J connectivity index is 1.70. The van der Waals surface area contributed by atoms with Gasteiger partial charge < -0.3 is 14.8 Å². The number of hydrogen-bond donors (Lipinski definition) is 1. The monoisotopic (exact) mass is 316 g/mol. The van der Waals surface area contributed by atoms with Crippen molar-refractivity contribution >= 4 is 17.5 Å². The molecule has 1 fully saturated rings. The molecule has 120 valence electrons. The molecule has 3 rings (SSSR count). The lowest BCUT2D eigenvalue weighted by molar-refractivity contribution is -0.128. The van der Waals surface area contributed by atoms with Gasteiger partial charge in [0.25, 0.3) is 0 Å². The molecule has 23 heavy (non-hydrogen) atoms. The predicted octanol–water partition coefficient (Wildman–Crippen LogP) is 1.82. The summed E-state index contributed by atoms with van der Waals surface area (Å²) in [6, 6.07) is 4.47. The molecule has 1 aliphatic heterocycles. The number of anilines is 1. The topological polar surface area (TPSA) is 67.2 Å². The molecular formula is C16H17FN4O2. The number of carbonyl (C=O) groups excluding carboxylic acids is 2. The van der Waals surface area contributed by atoms with Crippen LogP contribution < -0.4 is 5.32 Å². The Morgan fingerprint density at radius 3 is 2.91 bits per heavy atom. The second-order valence-corrected chi connectivity index (χ2v) is 5.46. The van der Waals surface area contributed by atoms with Gasteiger partial charge in [-0.05, 0) is 25.1 Å². The van der Waals surface area contributed by atoms with Crippen LogP contribution in [0.2, 0.25) is 0 Å². The van der Waals surface area contributed by atoms with Gasteiger partial charge in [-0.2, -0.15) is 0 Å². The normalized spacial score (nSPS) is 17.6. The smallest absolute Gasteiger partial charge is 0.229 e. The maximum Gasteiger partial charge on any atom is 0.229 e. The molecule has 1 aliphatic rings. The van der Waals surface area contributed by atoms with Crippen LogP contribution in [0.3, 0.4) is 0 Å². The molecule has 1 N–H and O–H groups in total. The number of rotatable bonds is 4. The molecule has 1 aromatic carbocycles. The highest BCUT2D eigenvalue weighted by molar-refractivity contribution is 5.97. The lowest BCUT2D eigenvalue weighted by Gasteiger charge is -2.14. The van der Waals surface area contributed by atoms with Gasteiger partial charge >= 0.3 is 0 Å². The number of amides is 2. The Morgan fingerprint density at radius 2 is 2.30 bits per heavy atom. The van der Waals surface area contributed by atoms with Gasteiger partial charge in [0, 0.05) is 37.6 Å². The second kappa shape index (κ2) is 6.20. The van der Waals surface area contributed by atoms with Gasteiger partial charge in [-0.15, -0.1) is 0 Å². The number of halogens is 1. The number of hydrogen-bond acceptors (Lipinski definition) is 3. The van der Waals surface area contributed by atoms with E-state index < -0.39 is 5.82 Å². The summed E-state index contributed by atoms with van der Waals surface area (Å²) in [6.45, 7) is 2.88. The van der Waals surface area contributed by atoms with Crippen molar-refractivity contribution in [2.24, 2.45) is 5.92 Å². The van der Waals surface area contributed by atoms with Crippen molar-refractivity contribution in [1.82, 2.24) is 14.5 Å². The summed E-state index contributed by atoms with van der Waals surface area (Å²) in [7, 11) is 0. The summed E-state index contributed by atoms with van der Waals surface area (Å²) in [5, 5.41) is 2.68. The lowest BCUT2D eigenvalue weighted by atomic mass is 10.1. The van der Waals surface area contributed by atoms with Crippen LogP contribution in [0.15, 0.2) is 36.9 Å². The predicted molar refractivity (Wildman–Crippen MR) is 82.5 cm³/mol. The van der Waals surface area contributed by atoms with Crippen LogP contribution in [0, 0.1) is 11.7 Å². The van der Waals surface area contributed by atoms with Crippen LogP contribution in [-0.4, -0.2) is 39.4 Å². The maximum atomic E-state index is 14.2. The molecule has 1 aromatic heterocycles. The highest BCUT2D eigenvalue weighted by Crippen LogP contribution is 2.22. The molecular weight excluding hydrogens is 299 g/mol. The zero-order valence-electron chi connectivity index (χ0n) is 12.7. The number of likely N-dealkylation sites (tertiary alicyclic amines) is 1. The van der Waals surface area contributed by atoms with Crippen molar-refractivity contribution in [2.75, 3.05) is 18.4 Å². The third-order valence-corrected chi connectivity index (χ3v) is 3.96. The zero-order valence-corrected chi connectivity index (χ0v) is 12.7. The number of nitrogens with zero attached hydrogens (tertiary/aromatic N) is 3. The number of nitrogens with one attached hydrogen (secondary N) is 1. The fourth-order valence-electron chi connectivity index (χ4n) is 2.69. The number of carbonyl (C=O) groups is 2. The summed E-state index contributed by atoms with van der Waals surface area (Å²) in [6.07, 6.45) is 4.90. The van der Waals surface area contributed by atoms with Crippen LogP contribution in [-0.2, 0) is 9.59 Å². The molecule has 0 saturated carbocycles. The van der Waals surface area contributed by atoms with Crippen molar-refractivity contribution in [3.63, 3.8) is 0 Å². The molecule has 2 heterocycles. The van der Waals surface area contributed by atoms with E-state index in [4.69, 9.17) is 0 Å². The van der Waals surface area contributed by atoms with Crippen LogP contribution in [0.4, 0.5) is 10.1 Å². The Morgan fingerprint density at radius 1 is 1.48 bits per heavy atom. The quantitative estimate of drug-likeness (QED) is 0.935. The SMILES string of the molecule is CCN1C[C@H](C(=O)Nc2ccc(-n3ccnc3)c(F)c2)CC1=O. The van der Waals surface area contributed by atoms with Crippen molar-refractivity contribution in [1.29, 1.82) is 0 Å². The molecule has 2 amide bonds. The largest absolute Gasteiger partial charge is 0.342 e. The van der Waals surface area contributed by atoms with Gasteiger partial charge in [0.2, 0.25) is 11.8 Å². The number of benzene rings is 1. The Labute approximate surface area is 132 Å². The van der Waals surface area contributed by atoms with Gasteiger partial charge in [0.1, 0.15) is 5.82 Å². The van der Waals surface area contributed by atoms with E-state index in [-0.39, 0.29) is 24.2 Å². The third-order valence-electron chi connectivity index (χ3n) is 3.96. The van der Waals surface area contributed by atoms with Crippen LogP contribution in [0.1, 0.15) is 13.3 Å². The minimum Gasteiger partial charge on any atom is -0.342 e. The standard InChI is InChI=1S/C16H17FN4O2/c1-2-20-9-11(7-15(20)22)16(23)19-12-3-4-14(13(17)8-12)21-6-5-18-10-21/h3-6,8,10-11H,2,7,9H2,1H3,(H,19,23)/t11-/m1/s1. The first-order valence-electron chi connectivity index (χ1n) is 7.45. The zero-order chi connectivity index (χ0) is 16.4. The number of imidazole rings is 1. The van der Waals surface area contributed by atoms with Gasteiger partial charge in [-0.3, -0.25) is 9.59 Å². The molecule has 7 heteroatoms. The lowest BCUT2D eigenvalue weighted by Crippen LogP contribution is -2.28. The molecule has 0 spiro atoms. The Bertz CT molecular complexity index is 730. The molecule has 0 aliphatic carbocycles. The Kier molecular flexibility index (Phi) is 4.10. The average molecular weight is 316 g/mol. The van der Waals surface area contributed by atoms with Crippen molar-refractivity contribution in [2.45, 2.75) is 13.3 Å². The van der Waals surface area contributed by atoms with Crippen LogP contribution in [0.25, 0.3) is 5.69 Å². The minimum atomic E-state index is -0.460. The maximum absolute atomic E-state index is 14.2. The van der Waals surface area contributed by atoms with E-state index in [9.17, 15) is 14.0 Å². The fraction of sp³-hybridized carbons (Fsp3) is 0.312. The summed E-state index contributed by atoms with van der Waals surface area (Å²) < 4.78 is 15.7. The summed E-state index contributed by atoms with van der Waals surface area (Å²) in [5.41, 5.74) is 0.729. The second-order valence-electron chi connectivity index (χ2n) is 5.46. The van der Waals surface area contributed by atoms with E-state index in [0.29, 0.717) is 24.5 Å². The highest BCUT2D eigenvalue weighted by Gasteiger charge is 2.33. The third kappa shape index (κ3) is 3.08. The van der Waals surface area contributed by atoms with Crippen LogP contribution >= 0.6 is 0 Å². The van der Waals surface area contributed by atoms with E-state index >= 15 is 0 Å². The van der Waals surface area contributed by atoms with Crippen molar-refractivity contribution in [3.05, 3.63) is 42.7 Å². The first-order chi connectivity index (χ1) is 11.1. The molecule has 6 nitrogen and oxygen atoms in total. The summed E-state index contributed by atoms with van der Waals surface area (Å²) in [4.78, 5) is 29.4. The van der Waals surface area contributed by atoms with Gasteiger partial charge in [0.15, 0.2) is 0 Å². The van der Waals surface area contributed by atoms with Gasteiger partial charge in [0.05, 0.1) is 17.9 Å². The van der Waals surface area contributed by atoms with E-state index in [0.717, 1.165) is 0 Å². The summed E-state index contributed by atoms with van der Waals surface area (Å²) >= 11 is 0. The Hall–Kier alpha value is -2.70. The first-order valence-corrected chi connectivity index (χ1v) is 7.45. The highest BCUT2D eigenvalue weighted by atomic mass is 19.1. The average Bonchev–Trinajstić information content (AvgIpc) is 3.16. The first kappa shape index (κ1) is 15.2. The summed E-state index contributed by atoms with van der Waals surface area (Å²) in [5.74, 6) is -1.13. The van der Waals surface area contributed by atoms with Gasteiger partial charge in [-0.1, -0.05) is 0 Å². The molecule has 2 aromatic rings. The molecule has 0 bridgehead atoms. The van der Waals surface area contributed by atoms with Crippen molar-refractivity contribution < 1.29 is 14.0 Å². The minimum absolute atomic E-state index is 0.0192. The molecule has 1 atom stereocenters. The van der Waals surface area contributed by atoms with E-state index in [1.165, 1.54) is 12.4 Å². The van der Waals surface area contributed by atoms with E-state index in [2.05, 4.69) is 10.3 Å². The molecule has 0 radical (unpaired) electrons. The van der Waals surface area contributed by atoms with Crippen molar-refractivity contribution in [3.8, 4) is 5.69 Å². The van der Waals surface area contributed by atoms with E-state index in [1.807, 2.05) is 6.92 Å². The van der Waals surface area contributed by atoms with Crippen LogP contribution in [0.5, 0.6) is 0 Å². The molecule has 0 unspecified atom stereocenters. The number of aromatic nitrogens is 2. The molecule has 1 saturated heterocycles.